The van der Waals surface area contributed by atoms with Crippen molar-refractivity contribution in [1.29, 1.82) is 0 Å². The highest BCUT2D eigenvalue weighted by molar-refractivity contribution is 7.99. The Kier molecular flexibility index (Phi) is 11.3. The number of aliphatic hydroxyl groups excluding tert-OH is 1. The van der Waals surface area contributed by atoms with E-state index in [1.165, 1.54) is 6.08 Å². The van der Waals surface area contributed by atoms with E-state index in [-0.39, 0.29) is 17.7 Å². The highest BCUT2D eigenvalue weighted by atomic mass is 32.2. The molecule has 1 unspecified atom stereocenters. The highest BCUT2D eigenvalue weighted by Gasteiger charge is 2.33. The van der Waals surface area contributed by atoms with Crippen molar-refractivity contribution in [2.24, 2.45) is 0 Å². The molecule has 1 N–H and O–H groups in total. The number of aliphatic hydroxyl groups is 1. The van der Waals surface area contributed by atoms with Crippen LogP contribution in [0.2, 0.25) is 38.3 Å². The summed E-state index contributed by atoms with van der Waals surface area (Å²) in [6.45, 7) is 13.9. The maximum atomic E-state index is 12.0. The molecule has 24 heavy (non-hydrogen) atoms. The predicted octanol–water partition coefficient (Wildman–Crippen LogP) is 4.02. The van der Waals surface area contributed by atoms with Gasteiger partial charge in [0.15, 0.2) is 22.4 Å². The number of ketones is 2. The van der Waals surface area contributed by atoms with Crippen molar-refractivity contribution in [3.63, 3.8) is 0 Å². The molecule has 0 spiro atoms. The standard InChI is InChI=1S/C17H34O4SSi2/c1-7-16(19)9-12-23(3,4)21-24(5,6)13-10-17(20)8-11-22-14-15(2)18/h7,15,18H,1,8-14H2,2-6H3. The minimum absolute atomic E-state index is 0.0727. The lowest BCUT2D eigenvalue weighted by atomic mass is 10.2. The summed E-state index contributed by atoms with van der Waals surface area (Å²) in [6.07, 6.45) is 2.71. The number of Topliss-reactive ketones (excluding diaryl/α,β-unsaturated/α-hetero) is 1. The van der Waals surface area contributed by atoms with Gasteiger partial charge in [0, 0.05) is 30.8 Å². The van der Waals surface area contributed by atoms with Gasteiger partial charge in [0.1, 0.15) is 5.78 Å². The average molecular weight is 391 g/mol. The van der Waals surface area contributed by atoms with E-state index in [9.17, 15) is 14.7 Å². The molecule has 0 aromatic heterocycles. The first-order valence-electron chi connectivity index (χ1n) is 8.60. The first-order valence-corrected chi connectivity index (χ1v) is 16.0. The number of allylic oxidation sites excluding steroid dienone is 1. The second-order valence-electron chi connectivity index (χ2n) is 7.50. The number of hydrogen-bond donors (Lipinski definition) is 1. The summed E-state index contributed by atoms with van der Waals surface area (Å²) >= 11 is 1.62. The quantitative estimate of drug-likeness (QED) is 0.276. The lowest BCUT2D eigenvalue weighted by molar-refractivity contribution is -0.118. The van der Waals surface area contributed by atoms with Gasteiger partial charge in [0.2, 0.25) is 0 Å². The summed E-state index contributed by atoms with van der Waals surface area (Å²) < 4.78 is 6.43. The molecular weight excluding hydrogens is 356 g/mol. The summed E-state index contributed by atoms with van der Waals surface area (Å²) in [5.41, 5.74) is 0. The van der Waals surface area contributed by atoms with E-state index in [0.717, 1.165) is 17.8 Å². The topological polar surface area (TPSA) is 63.6 Å². The van der Waals surface area contributed by atoms with Gasteiger partial charge < -0.3 is 9.22 Å². The molecule has 7 heteroatoms. The molecule has 0 rings (SSSR count). The maximum absolute atomic E-state index is 12.0. The van der Waals surface area contributed by atoms with Crippen LogP contribution in [0, 0.1) is 0 Å². The van der Waals surface area contributed by atoms with Crippen molar-refractivity contribution in [2.45, 2.75) is 70.6 Å². The minimum Gasteiger partial charge on any atom is -0.455 e. The van der Waals surface area contributed by atoms with Crippen LogP contribution in [0.15, 0.2) is 12.7 Å². The highest BCUT2D eigenvalue weighted by Crippen LogP contribution is 2.24. The SMILES string of the molecule is C=CC(=O)CC[Si](C)(C)O[Si](C)(C)CCC(=O)CCSCC(C)O. The van der Waals surface area contributed by atoms with Crippen molar-refractivity contribution in [1.82, 2.24) is 0 Å². The molecular formula is C17H34O4SSi2. The predicted molar refractivity (Wildman–Crippen MR) is 109 cm³/mol. The van der Waals surface area contributed by atoms with E-state index in [1.54, 1.807) is 18.7 Å². The first kappa shape index (κ1) is 23.8. The van der Waals surface area contributed by atoms with E-state index in [1.807, 2.05) is 0 Å². The van der Waals surface area contributed by atoms with Gasteiger partial charge >= 0.3 is 0 Å². The van der Waals surface area contributed by atoms with Crippen molar-refractivity contribution in [3.8, 4) is 0 Å². The van der Waals surface area contributed by atoms with Crippen LogP contribution in [0.3, 0.4) is 0 Å². The minimum atomic E-state index is -1.89. The molecule has 0 aliphatic heterocycles. The Hall–Kier alpha value is -0.216. The maximum Gasteiger partial charge on any atom is 0.173 e. The Bertz CT molecular complexity index is 423. The van der Waals surface area contributed by atoms with Crippen LogP contribution in [0.1, 0.15) is 26.2 Å². The third-order valence-corrected chi connectivity index (χ3v) is 12.2. The monoisotopic (exact) mass is 390 g/mol. The molecule has 0 bridgehead atoms. The van der Waals surface area contributed by atoms with Gasteiger partial charge in [0.25, 0.3) is 0 Å². The van der Waals surface area contributed by atoms with Gasteiger partial charge in [-0.25, -0.2) is 0 Å². The molecule has 0 aromatic carbocycles. The van der Waals surface area contributed by atoms with Gasteiger partial charge in [0.05, 0.1) is 6.10 Å². The fraction of sp³-hybridized carbons (Fsp3) is 0.765. The summed E-state index contributed by atoms with van der Waals surface area (Å²) in [6, 6.07) is 1.64. The van der Waals surface area contributed by atoms with Gasteiger partial charge in [-0.15, -0.1) is 0 Å². The average Bonchev–Trinajstić information content (AvgIpc) is 2.46. The Labute approximate surface area is 153 Å². The Balaban J connectivity index is 4.16. The van der Waals surface area contributed by atoms with Crippen molar-refractivity contribution >= 4 is 40.0 Å². The van der Waals surface area contributed by atoms with Crippen molar-refractivity contribution < 1.29 is 18.8 Å². The number of carbonyl (C=O) groups excluding carboxylic acids is 2. The fourth-order valence-corrected chi connectivity index (χ4v) is 11.8. The molecule has 0 saturated carbocycles. The van der Waals surface area contributed by atoms with E-state index in [0.29, 0.717) is 25.0 Å². The lowest BCUT2D eigenvalue weighted by Crippen LogP contribution is -2.44. The second kappa shape index (κ2) is 11.4. The largest absolute Gasteiger partial charge is 0.455 e. The molecule has 140 valence electrons. The summed E-state index contributed by atoms with van der Waals surface area (Å²) in [5.74, 6) is 1.80. The Morgan fingerprint density at radius 2 is 1.67 bits per heavy atom. The second-order valence-corrected chi connectivity index (χ2v) is 17.5. The van der Waals surface area contributed by atoms with Crippen LogP contribution in [-0.2, 0) is 13.7 Å². The van der Waals surface area contributed by atoms with Crippen LogP contribution in [0.25, 0.3) is 0 Å². The van der Waals surface area contributed by atoms with E-state index in [4.69, 9.17) is 4.12 Å². The third-order valence-electron chi connectivity index (χ3n) is 3.64. The van der Waals surface area contributed by atoms with Crippen molar-refractivity contribution in [2.75, 3.05) is 11.5 Å². The number of hydrogen-bond acceptors (Lipinski definition) is 5. The molecule has 0 aromatic rings. The number of carbonyl (C=O) groups is 2. The molecule has 4 nitrogen and oxygen atoms in total. The molecule has 0 saturated heterocycles. The molecule has 0 aliphatic rings. The lowest BCUT2D eigenvalue weighted by Gasteiger charge is -2.34. The molecule has 0 radical (unpaired) electrons. The van der Waals surface area contributed by atoms with Crippen LogP contribution in [0.5, 0.6) is 0 Å². The van der Waals surface area contributed by atoms with Crippen LogP contribution < -0.4 is 0 Å². The third kappa shape index (κ3) is 13.1. The summed E-state index contributed by atoms with van der Waals surface area (Å²) in [4.78, 5) is 23.4. The zero-order valence-electron chi connectivity index (χ0n) is 15.9. The molecule has 0 heterocycles. The van der Waals surface area contributed by atoms with Crippen LogP contribution in [-0.4, -0.2) is 50.9 Å². The molecule has 1 atom stereocenters. The molecule has 0 fully saturated rings. The van der Waals surface area contributed by atoms with Gasteiger partial charge in [-0.1, -0.05) is 6.58 Å². The first-order chi connectivity index (χ1) is 11.0. The van der Waals surface area contributed by atoms with E-state index >= 15 is 0 Å². The van der Waals surface area contributed by atoms with Gasteiger partial charge in [-0.05, 0) is 51.3 Å². The number of rotatable bonds is 14. The smallest absolute Gasteiger partial charge is 0.173 e. The summed E-state index contributed by atoms with van der Waals surface area (Å²) in [5, 5.41) is 9.19. The van der Waals surface area contributed by atoms with Crippen LogP contribution >= 0.6 is 11.8 Å². The van der Waals surface area contributed by atoms with Gasteiger partial charge in [-0.3, -0.25) is 9.59 Å². The van der Waals surface area contributed by atoms with E-state index in [2.05, 4.69) is 32.8 Å². The van der Waals surface area contributed by atoms with Crippen molar-refractivity contribution in [3.05, 3.63) is 12.7 Å². The van der Waals surface area contributed by atoms with Gasteiger partial charge in [-0.2, -0.15) is 11.8 Å². The number of thioether (sulfide) groups is 1. The molecule has 0 aliphatic carbocycles. The zero-order valence-corrected chi connectivity index (χ0v) is 18.7. The van der Waals surface area contributed by atoms with Crippen LogP contribution in [0.4, 0.5) is 0 Å². The zero-order chi connectivity index (χ0) is 18.8. The Morgan fingerprint density at radius 1 is 1.12 bits per heavy atom. The van der Waals surface area contributed by atoms with E-state index < -0.39 is 16.6 Å². The Morgan fingerprint density at radius 3 is 2.17 bits per heavy atom. The normalized spacial score (nSPS) is 13.6. The molecule has 0 amide bonds. The fourth-order valence-electron chi connectivity index (χ4n) is 2.38. The summed E-state index contributed by atoms with van der Waals surface area (Å²) in [7, 11) is -3.78.